The van der Waals surface area contributed by atoms with Crippen molar-refractivity contribution < 1.29 is 4.74 Å². The molecule has 0 radical (unpaired) electrons. The minimum absolute atomic E-state index is 0.275. The zero-order valence-electron chi connectivity index (χ0n) is 8.50. The largest absolute Gasteiger partial charge is 0.376 e. The molecular weight excluding hydrogens is 212 g/mol. The highest BCUT2D eigenvalue weighted by atomic mass is 32.2. The molecule has 0 spiro atoms. The van der Waals surface area contributed by atoms with Gasteiger partial charge in [0, 0.05) is 12.4 Å². The van der Waals surface area contributed by atoms with Gasteiger partial charge < -0.3 is 4.74 Å². The summed E-state index contributed by atoms with van der Waals surface area (Å²) in [6.45, 7) is 5.29. The maximum absolute atomic E-state index is 5.54. The number of thioether (sulfide) groups is 1. The van der Waals surface area contributed by atoms with Gasteiger partial charge in [-0.25, -0.2) is 4.68 Å². The van der Waals surface area contributed by atoms with Gasteiger partial charge in [0.1, 0.15) is 0 Å². The quantitative estimate of drug-likeness (QED) is 0.556. The van der Waals surface area contributed by atoms with Gasteiger partial charge in [-0.3, -0.25) is 0 Å². The summed E-state index contributed by atoms with van der Waals surface area (Å²) in [4.78, 5) is 0. The van der Waals surface area contributed by atoms with E-state index in [9.17, 15) is 0 Å². The normalized spacial score (nSPS) is 20.7. The molecule has 5 nitrogen and oxygen atoms in total. The van der Waals surface area contributed by atoms with Crippen LogP contribution in [0.1, 0.15) is 12.8 Å². The summed E-state index contributed by atoms with van der Waals surface area (Å²) in [5.41, 5.74) is 0. The molecule has 1 aromatic heterocycles. The van der Waals surface area contributed by atoms with Crippen molar-refractivity contribution in [3.8, 4) is 0 Å². The number of hydrogen-bond acceptors (Lipinski definition) is 5. The topological polar surface area (TPSA) is 52.8 Å². The second-order valence-electron chi connectivity index (χ2n) is 3.38. The lowest BCUT2D eigenvalue weighted by Crippen LogP contribution is -2.16. The number of aromatic nitrogens is 4. The zero-order chi connectivity index (χ0) is 10.5. The van der Waals surface area contributed by atoms with Gasteiger partial charge in [-0.05, 0) is 23.3 Å². The van der Waals surface area contributed by atoms with Crippen LogP contribution in [0.25, 0.3) is 0 Å². The molecule has 2 heterocycles. The van der Waals surface area contributed by atoms with E-state index >= 15 is 0 Å². The molecule has 0 aromatic carbocycles. The summed E-state index contributed by atoms with van der Waals surface area (Å²) in [6, 6.07) is 0. The molecule has 1 aliphatic heterocycles. The van der Waals surface area contributed by atoms with Gasteiger partial charge in [0.05, 0.1) is 12.6 Å². The molecule has 1 aromatic rings. The van der Waals surface area contributed by atoms with Crippen LogP contribution in [0.3, 0.4) is 0 Å². The van der Waals surface area contributed by atoms with Crippen molar-refractivity contribution in [3.63, 3.8) is 0 Å². The summed E-state index contributed by atoms with van der Waals surface area (Å²) in [5.74, 6) is 0.825. The van der Waals surface area contributed by atoms with Crippen LogP contribution in [0.15, 0.2) is 17.8 Å². The molecular formula is C9H14N4OS. The van der Waals surface area contributed by atoms with Crippen molar-refractivity contribution in [3.05, 3.63) is 12.7 Å². The van der Waals surface area contributed by atoms with Crippen LogP contribution in [0, 0.1) is 0 Å². The molecule has 82 valence electrons. The lowest BCUT2D eigenvalue weighted by molar-refractivity contribution is 0.0912. The van der Waals surface area contributed by atoms with E-state index in [-0.39, 0.29) is 6.10 Å². The zero-order valence-corrected chi connectivity index (χ0v) is 9.32. The van der Waals surface area contributed by atoms with Gasteiger partial charge in [0.25, 0.3) is 0 Å². The number of ether oxygens (including phenoxy) is 1. The van der Waals surface area contributed by atoms with Gasteiger partial charge in [-0.1, -0.05) is 17.8 Å². The molecule has 0 N–H and O–H groups in total. The first-order chi connectivity index (χ1) is 7.40. The predicted octanol–water partition coefficient (Wildman–Crippen LogP) is 1.13. The molecule has 6 heteroatoms. The van der Waals surface area contributed by atoms with Gasteiger partial charge in [0.2, 0.25) is 5.16 Å². The molecule has 1 atom stereocenters. The van der Waals surface area contributed by atoms with Gasteiger partial charge >= 0.3 is 0 Å². The molecule has 1 aliphatic rings. The second kappa shape index (κ2) is 5.27. The highest BCUT2D eigenvalue weighted by molar-refractivity contribution is 7.99. The number of nitrogens with zero attached hydrogens (tertiary/aromatic N) is 4. The molecule has 1 fully saturated rings. The van der Waals surface area contributed by atoms with Crippen molar-refractivity contribution in [1.29, 1.82) is 0 Å². The van der Waals surface area contributed by atoms with E-state index in [4.69, 9.17) is 4.74 Å². The molecule has 2 rings (SSSR count). The first-order valence-corrected chi connectivity index (χ1v) is 6.00. The summed E-state index contributed by atoms with van der Waals surface area (Å²) >= 11 is 1.59. The summed E-state index contributed by atoms with van der Waals surface area (Å²) < 4.78 is 7.35. The molecule has 1 saturated heterocycles. The Morgan fingerprint density at radius 3 is 3.33 bits per heavy atom. The SMILES string of the molecule is C=CCSc1nnnn1C[C@@H]1CCCO1. The second-order valence-corrected chi connectivity index (χ2v) is 4.37. The first kappa shape index (κ1) is 10.6. The van der Waals surface area contributed by atoms with Crippen LogP contribution < -0.4 is 0 Å². The lowest BCUT2D eigenvalue weighted by atomic mass is 10.2. The van der Waals surface area contributed by atoms with Gasteiger partial charge in [-0.15, -0.1) is 11.7 Å². The van der Waals surface area contributed by atoms with Gasteiger partial charge in [-0.2, -0.15) is 0 Å². The Kier molecular flexibility index (Phi) is 3.74. The maximum atomic E-state index is 5.54. The van der Waals surface area contributed by atoms with Crippen LogP contribution in [-0.2, 0) is 11.3 Å². The molecule has 15 heavy (non-hydrogen) atoms. The fourth-order valence-corrected chi connectivity index (χ4v) is 2.15. The molecule has 0 saturated carbocycles. The van der Waals surface area contributed by atoms with Crippen molar-refractivity contribution in [2.75, 3.05) is 12.4 Å². The summed E-state index contributed by atoms with van der Waals surface area (Å²) in [5, 5.41) is 12.4. The third-order valence-electron chi connectivity index (χ3n) is 2.23. The van der Waals surface area contributed by atoms with Crippen LogP contribution >= 0.6 is 11.8 Å². The summed E-state index contributed by atoms with van der Waals surface area (Å²) in [7, 11) is 0. The minimum Gasteiger partial charge on any atom is -0.376 e. The van der Waals surface area contributed by atoms with E-state index in [1.54, 1.807) is 11.8 Å². The van der Waals surface area contributed by atoms with Crippen LogP contribution in [-0.4, -0.2) is 38.7 Å². The Hall–Kier alpha value is -0.880. The standard InChI is InChI=1S/C9H14N4OS/c1-2-6-15-9-10-11-12-13(9)7-8-4-3-5-14-8/h2,8H,1,3-7H2/t8-/m0/s1. The van der Waals surface area contributed by atoms with E-state index in [1.165, 1.54) is 0 Å². The lowest BCUT2D eigenvalue weighted by Gasteiger charge is -2.09. The minimum atomic E-state index is 0.275. The van der Waals surface area contributed by atoms with Crippen LogP contribution in [0.4, 0.5) is 0 Å². The van der Waals surface area contributed by atoms with E-state index in [1.807, 2.05) is 10.8 Å². The van der Waals surface area contributed by atoms with Crippen molar-refractivity contribution in [2.24, 2.45) is 0 Å². The van der Waals surface area contributed by atoms with Crippen molar-refractivity contribution in [2.45, 2.75) is 30.6 Å². The smallest absolute Gasteiger partial charge is 0.209 e. The predicted molar refractivity (Wildman–Crippen MR) is 57.7 cm³/mol. The molecule has 0 bridgehead atoms. The monoisotopic (exact) mass is 226 g/mol. The Morgan fingerprint density at radius 2 is 2.60 bits per heavy atom. The Morgan fingerprint density at radius 1 is 1.67 bits per heavy atom. The third-order valence-corrected chi connectivity index (χ3v) is 3.18. The first-order valence-electron chi connectivity index (χ1n) is 5.01. The Labute approximate surface area is 92.9 Å². The maximum Gasteiger partial charge on any atom is 0.209 e. The van der Waals surface area contributed by atoms with Crippen molar-refractivity contribution >= 4 is 11.8 Å². The average molecular weight is 226 g/mol. The third kappa shape index (κ3) is 2.79. The van der Waals surface area contributed by atoms with Crippen molar-refractivity contribution in [1.82, 2.24) is 20.2 Å². The van der Waals surface area contributed by atoms with E-state index in [0.717, 1.165) is 36.9 Å². The average Bonchev–Trinajstić information content (AvgIpc) is 2.87. The van der Waals surface area contributed by atoms with Crippen LogP contribution in [0.2, 0.25) is 0 Å². The van der Waals surface area contributed by atoms with Gasteiger partial charge in [0.15, 0.2) is 0 Å². The number of hydrogen-bond donors (Lipinski definition) is 0. The summed E-state index contributed by atoms with van der Waals surface area (Å²) in [6.07, 6.45) is 4.36. The Bertz CT molecular complexity index is 322. The highest BCUT2D eigenvalue weighted by Crippen LogP contribution is 2.18. The van der Waals surface area contributed by atoms with E-state index < -0.39 is 0 Å². The van der Waals surface area contributed by atoms with Crippen LogP contribution in [0.5, 0.6) is 0 Å². The molecule has 0 unspecified atom stereocenters. The highest BCUT2D eigenvalue weighted by Gasteiger charge is 2.18. The van der Waals surface area contributed by atoms with E-state index in [2.05, 4.69) is 22.1 Å². The fourth-order valence-electron chi connectivity index (χ4n) is 1.53. The Balaban J connectivity index is 1.94. The van der Waals surface area contributed by atoms with E-state index in [0.29, 0.717) is 0 Å². The fraction of sp³-hybridized carbons (Fsp3) is 0.667. The number of tetrazole rings is 1. The molecule has 0 aliphatic carbocycles. The molecule has 0 amide bonds. The number of rotatable bonds is 5.